The summed E-state index contributed by atoms with van der Waals surface area (Å²) in [5.74, 6) is -1.39. The quantitative estimate of drug-likeness (QED) is 0.396. The number of rotatable bonds is 7. The van der Waals surface area contributed by atoms with Crippen LogP contribution in [0.5, 0.6) is 0 Å². The van der Waals surface area contributed by atoms with Gasteiger partial charge in [0, 0.05) is 12.1 Å². The molecule has 3 rings (SSSR count). The maximum absolute atomic E-state index is 12.2. The van der Waals surface area contributed by atoms with Crippen LogP contribution in [0.25, 0.3) is 0 Å². The van der Waals surface area contributed by atoms with Crippen LogP contribution in [0, 0.1) is 24.0 Å². The van der Waals surface area contributed by atoms with Crippen LogP contribution < -0.4 is 10.6 Å². The van der Waals surface area contributed by atoms with Crippen LogP contribution >= 0.6 is 11.6 Å². The molecule has 1 amide bonds. The SMILES string of the molecule is Cc1cc(C)c(NC(=O)COC(=O)c2ccc(NC3CC3)c([N+](=O)[O-])c2)c(Cl)c1. The third-order valence-corrected chi connectivity index (χ3v) is 4.70. The second-order valence-corrected chi connectivity index (χ2v) is 7.38. The Morgan fingerprint density at radius 2 is 1.97 bits per heavy atom. The summed E-state index contributed by atoms with van der Waals surface area (Å²) in [5.41, 5.74) is 2.33. The van der Waals surface area contributed by atoms with E-state index in [2.05, 4.69) is 10.6 Å². The van der Waals surface area contributed by atoms with Gasteiger partial charge in [-0.2, -0.15) is 0 Å². The molecule has 9 heteroatoms. The van der Waals surface area contributed by atoms with Gasteiger partial charge in [-0.1, -0.05) is 17.7 Å². The number of carbonyl (C=O) groups is 2. The number of nitrogens with zero attached hydrogens (tertiary/aromatic N) is 1. The van der Waals surface area contributed by atoms with Crippen LogP contribution in [-0.2, 0) is 9.53 Å². The van der Waals surface area contributed by atoms with Gasteiger partial charge in [0.2, 0.25) is 0 Å². The lowest BCUT2D eigenvalue weighted by Gasteiger charge is -2.12. The standard InChI is InChI=1S/C20H20ClN3O5/c1-11-7-12(2)19(15(21)8-11)23-18(25)10-29-20(26)13-3-6-16(22-14-4-5-14)17(9-13)24(27)28/h3,6-9,14,22H,4-5,10H2,1-2H3,(H,23,25). The number of nitro benzene ring substituents is 1. The minimum Gasteiger partial charge on any atom is -0.452 e. The molecule has 0 radical (unpaired) electrons. The van der Waals surface area contributed by atoms with Crippen LogP contribution in [0.2, 0.25) is 5.02 Å². The number of hydrogen-bond donors (Lipinski definition) is 2. The lowest BCUT2D eigenvalue weighted by molar-refractivity contribution is -0.384. The van der Waals surface area contributed by atoms with Gasteiger partial charge >= 0.3 is 5.97 Å². The van der Waals surface area contributed by atoms with Crippen LogP contribution in [0.4, 0.5) is 17.1 Å². The van der Waals surface area contributed by atoms with Gasteiger partial charge < -0.3 is 15.4 Å². The van der Waals surface area contributed by atoms with Crippen LogP contribution in [0.15, 0.2) is 30.3 Å². The summed E-state index contributed by atoms with van der Waals surface area (Å²) in [6.45, 7) is 3.14. The number of anilines is 2. The van der Waals surface area contributed by atoms with Gasteiger partial charge in [-0.3, -0.25) is 14.9 Å². The Morgan fingerprint density at radius 3 is 2.59 bits per heavy atom. The first kappa shape index (κ1) is 20.6. The minimum atomic E-state index is -0.826. The van der Waals surface area contributed by atoms with E-state index in [-0.39, 0.29) is 17.3 Å². The third-order valence-electron chi connectivity index (χ3n) is 4.40. The largest absolute Gasteiger partial charge is 0.452 e. The van der Waals surface area contributed by atoms with Gasteiger partial charge in [-0.25, -0.2) is 4.79 Å². The van der Waals surface area contributed by atoms with E-state index in [9.17, 15) is 19.7 Å². The number of halogens is 1. The Bertz CT molecular complexity index is 965. The lowest BCUT2D eigenvalue weighted by Crippen LogP contribution is -2.21. The van der Waals surface area contributed by atoms with E-state index < -0.39 is 23.4 Å². The molecule has 0 heterocycles. The van der Waals surface area contributed by atoms with Crippen molar-refractivity contribution < 1.29 is 19.2 Å². The molecule has 2 aromatic rings. The van der Waals surface area contributed by atoms with Crippen LogP contribution in [-0.4, -0.2) is 29.4 Å². The predicted molar refractivity (Wildman–Crippen MR) is 110 cm³/mol. The smallest absolute Gasteiger partial charge is 0.338 e. The van der Waals surface area contributed by atoms with Crippen molar-refractivity contribution in [1.29, 1.82) is 0 Å². The number of esters is 1. The summed E-state index contributed by atoms with van der Waals surface area (Å²) in [5, 5.41) is 17.3. The van der Waals surface area contributed by atoms with Crippen molar-refractivity contribution in [2.45, 2.75) is 32.7 Å². The molecule has 0 atom stereocenters. The Labute approximate surface area is 172 Å². The summed E-state index contributed by atoms with van der Waals surface area (Å²) in [6, 6.07) is 7.86. The van der Waals surface area contributed by atoms with E-state index in [1.54, 1.807) is 13.0 Å². The fraction of sp³-hybridized carbons (Fsp3) is 0.300. The Morgan fingerprint density at radius 1 is 1.24 bits per heavy atom. The summed E-state index contributed by atoms with van der Waals surface area (Å²) in [6.07, 6.45) is 1.92. The molecule has 2 N–H and O–H groups in total. The molecular formula is C20H20ClN3O5. The fourth-order valence-electron chi connectivity index (χ4n) is 2.84. The molecule has 1 saturated carbocycles. The molecule has 152 valence electrons. The zero-order valence-electron chi connectivity index (χ0n) is 16.0. The third kappa shape index (κ3) is 5.23. The van der Waals surface area contributed by atoms with Gasteiger partial charge in [-0.05, 0) is 56.0 Å². The summed E-state index contributed by atoms with van der Waals surface area (Å²) < 4.78 is 5.00. The lowest BCUT2D eigenvalue weighted by atomic mass is 10.1. The van der Waals surface area contributed by atoms with E-state index in [1.165, 1.54) is 12.1 Å². The van der Waals surface area contributed by atoms with E-state index in [0.29, 0.717) is 16.4 Å². The molecule has 1 aliphatic carbocycles. The van der Waals surface area contributed by atoms with Gasteiger partial charge in [0.1, 0.15) is 5.69 Å². The maximum atomic E-state index is 12.2. The van der Waals surface area contributed by atoms with Crippen molar-refractivity contribution in [1.82, 2.24) is 0 Å². The number of amides is 1. The number of aryl methyl sites for hydroxylation is 2. The highest BCUT2D eigenvalue weighted by Gasteiger charge is 2.26. The summed E-state index contributed by atoms with van der Waals surface area (Å²) in [7, 11) is 0. The molecule has 0 spiro atoms. The number of hydrogen-bond acceptors (Lipinski definition) is 6. The number of carbonyl (C=O) groups excluding carboxylic acids is 2. The van der Waals surface area contributed by atoms with E-state index in [1.807, 2.05) is 13.0 Å². The molecule has 8 nitrogen and oxygen atoms in total. The second-order valence-electron chi connectivity index (χ2n) is 6.97. The molecule has 0 unspecified atom stereocenters. The first-order valence-electron chi connectivity index (χ1n) is 9.03. The van der Waals surface area contributed by atoms with Crippen LogP contribution in [0.3, 0.4) is 0 Å². The van der Waals surface area contributed by atoms with E-state index in [4.69, 9.17) is 16.3 Å². The number of benzene rings is 2. The van der Waals surface area contributed by atoms with Crippen molar-refractivity contribution in [2.75, 3.05) is 17.2 Å². The minimum absolute atomic E-state index is 0.00426. The van der Waals surface area contributed by atoms with Gasteiger partial charge in [0.15, 0.2) is 6.61 Å². The average Bonchev–Trinajstić information content (AvgIpc) is 3.46. The molecule has 2 aromatic carbocycles. The van der Waals surface area contributed by atoms with Gasteiger partial charge in [0.05, 0.1) is 21.2 Å². The van der Waals surface area contributed by atoms with Gasteiger partial charge in [0.25, 0.3) is 11.6 Å². The molecule has 29 heavy (non-hydrogen) atoms. The summed E-state index contributed by atoms with van der Waals surface area (Å²) in [4.78, 5) is 35.1. The Hall–Kier alpha value is -3.13. The van der Waals surface area contributed by atoms with Crippen molar-refractivity contribution in [2.24, 2.45) is 0 Å². The Kier molecular flexibility index (Phi) is 6.03. The van der Waals surface area contributed by atoms with Crippen molar-refractivity contribution in [3.05, 3.63) is 62.2 Å². The van der Waals surface area contributed by atoms with Crippen molar-refractivity contribution in [3.8, 4) is 0 Å². The van der Waals surface area contributed by atoms with E-state index >= 15 is 0 Å². The Balaban J connectivity index is 1.63. The number of ether oxygens (including phenoxy) is 1. The first-order chi connectivity index (χ1) is 13.7. The first-order valence-corrected chi connectivity index (χ1v) is 9.41. The topological polar surface area (TPSA) is 111 Å². The molecular weight excluding hydrogens is 398 g/mol. The van der Waals surface area contributed by atoms with Gasteiger partial charge in [-0.15, -0.1) is 0 Å². The zero-order valence-corrected chi connectivity index (χ0v) is 16.7. The molecule has 1 aliphatic rings. The normalized spacial score (nSPS) is 12.9. The molecule has 0 aliphatic heterocycles. The van der Waals surface area contributed by atoms with Crippen LogP contribution in [0.1, 0.15) is 34.3 Å². The average molecular weight is 418 g/mol. The fourth-order valence-corrected chi connectivity index (χ4v) is 3.21. The molecule has 0 aromatic heterocycles. The summed E-state index contributed by atoms with van der Waals surface area (Å²) >= 11 is 6.15. The van der Waals surface area contributed by atoms with Crippen molar-refractivity contribution >= 4 is 40.5 Å². The second kappa shape index (κ2) is 8.48. The maximum Gasteiger partial charge on any atom is 0.338 e. The number of nitro groups is 1. The number of nitrogens with one attached hydrogen (secondary N) is 2. The molecule has 0 saturated heterocycles. The van der Waals surface area contributed by atoms with E-state index in [0.717, 1.165) is 30.0 Å². The highest BCUT2D eigenvalue weighted by molar-refractivity contribution is 6.34. The monoisotopic (exact) mass is 417 g/mol. The highest BCUT2D eigenvalue weighted by Crippen LogP contribution is 2.32. The molecule has 1 fully saturated rings. The predicted octanol–water partition coefficient (Wildman–Crippen LogP) is 4.23. The van der Waals surface area contributed by atoms with Crippen molar-refractivity contribution in [3.63, 3.8) is 0 Å². The highest BCUT2D eigenvalue weighted by atomic mass is 35.5. The molecule has 0 bridgehead atoms. The zero-order chi connectivity index (χ0) is 21.1.